The molecule has 0 spiro atoms. The molecule has 0 atom stereocenters. The fraction of sp³-hybridized carbons (Fsp3) is 0.471. The van der Waals surface area contributed by atoms with E-state index in [2.05, 4.69) is 15.5 Å². The predicted octanol–water partition coefficient (Wildman–Crippen LogP) is 3.49. The van der Waals surface area contributed by atoms with Gasteiger partial charge in [0.15, 0.2) is 0 Å². The van der Waals surface area contributed by atoms with Crippen LogP contribution < -0.4 is 5.32 Å². The van der Waals surface area contributed by atoms with Gasteiger partial charge in [0.1, 0.15) is 10.5 Å². The average Bonchev–Trinajstić information content (AvgIpc) is 3.16. The summed E-state index contributed by atoms with van der Waals surface area (Å²) in [5.74, 6) is 0.667. The highest BCUT2D eigenvalue weighted by atomic mass is 32.1. The van der Waals surface area contributed by atoms with Gasteiger partial charge in [0.25, 0.3) is 0 Å². The molecule has 0 unspecified atom stereocenters. The lowest BCUT2D eigenvalue weighted by molar-refractivity contribution is 0.0621. The van der Waals surface area contributed by atoms with Gasteiger partial charge in [-0.15, -0.1) is 10.2 Å². The van der Waals surface area contributed by atoms with E-state index in [4.69, 9.17) is 4.74 Å². The van der Waals surface area contributed by atoms with Crippen LogP contribution in [0.5, 0.6) is 0 Å². The van der Waals surface area contributed by atoms with Gasteiger partial charge in [-0.3, -0.25) is 0 Å². The van der Waals surface area contributed by atoms with Crippen LogP contribution in [0.25, 0.3) is 10.6 Å². The summed E-state index contributed by atoms with van der Waals surface area (Å²) < 4.78 is 5.37. The van der Waals surface area contributed by atoms with Gasteiger partial charge in [-0.05, 0) is 49.4 Å². The van der Waals surface area contributed by atoms with Crippen LogP contribution in [-0.2, 0) is 4.74 Å². The van der Waals surface area contributed by atoms with Gasteiger partial charge in [-0.1, -0.05) is 11.3 Å². The summed E-state index contributed by atoms with van der Waals surface area (Å²) in [5.41, 5.74) is 3.49. The molecule has 0 aliphatic carbocycles. The maximum Gasteiger partial charge on any atom is 0.321 e. The summed E-state index contributed by atoms with van der Waals surface area (Å²) in [6, 6.07) is 7.59. The molecule has 3 rings (SSSR count). The number of aromatic nitrogens is 2. The van der Waals surface area contributed by atoms with Crippen LogP contribution in [0.3, 0.4) is 0 Å². The van der Waals surface area contributed by atoms with E-state index in [1.54, 1.807) is 10.4 Å². The Balaban J connectivity index is 1.48. The van der Waals surface area contributed by atoms with Crippen molar-refractivity contribution in [1.29, 1.82) is 0 Å². The maximum atomic E-state index is 12.3. The molecule has 1 aromatic heterocycles. The van der Waals surface area contributed by atoms with Gasteiger partial charge >= 0.3 is 6.03 Å². The minimum Gasteiger partial charge on any atom is -0.381 e. The molecule has 1 saturated heterocycles. The van der Waals surface area contributed by atoms with Gasteiger partial charge in [0.05, 0.1) is 0 Å². The first-order valence-electron chi connectivity index (χ1n) is 8.19. The van der Waals surface area contributed by atoms with Crippen molar-refractivity contribution >= 4 is 23.1 Å². The number of nitrogens with zero attached hydrogens (tertiary/aromatic N) is 3. The van der Waals surface area contributed by atoms with Gasteiger partial charge in [0, 0.05) is 38.1 Å². The number of hydrogen-bond acceptors (Lipinski definition) is 5. The highest BCUT2D eigenvalue weighted by molar-refractivity contribution is 7.12. The Labute approximate surface area is 145 Å². The number of benzene rings is 1. The van der Waals surface area contributed by atoms with E-state index < -0.39 is 0 Å². The molecule has 24 heavy (non-hydrogen) atoms. The van der Waals surface area contributed by atoms with E-state index in [9.17, 15) is 4.79 Å². The number of urea groups is 1. The number of carbonyl (C=O) groups is 1. The Kier molecular flexibility index (Phi) is 5.77. The van der Waals surface area contributed by atoms with Crippen molar-refractivity contribution in [1.82, 2.24) is 15.1 Å². The zero-order chi connectivity index (χ0) is 16.8. The van der Waals surface area contributed by atoms with Crippen molar-refractivity contribution in [3.8, 4) is 10.6 Å². The van der Waals surface area contributed by atoms with Crippen LogP contribution >= 0.6 is 11.3 Å². The molecule has 128 valence electrons. The van der Waals surface area contributed by atoms with E-state index in [0.29, 0.717) is 5.92 Å². The van der Waals surface area contributed by atoms with Gasteiger partial charge < -0.3 is 15.0 Å². The lowest BCUT2D eigenvalue weighted by atomic mass is 9.96. The molecule has 1 N–H and O–H groups in total. The highest BCUT2D eigenvalue weighted by Crippen LogP contribution is 2.22. The van der Waals surface area contributed by atoms with Gasteiger partial charge in [0.2, 0.25) is 0 Å². The average molecular weight is 346 g/mol. The van der Waals surface area contributed by atoms with Gasteiger partial charge in [-0.25, -0.2) is 4.79 Å². The van der Waals surface area contributed by atoms with E-state index >= 15 is 0 Å². The van der Waals surface area contributed by atoms with Crippen LogP contribution in [0.2, 0.25) is 0 Å². The second kappa shape index (κ2) is 8.21. The number of amides is 2. The first-order chi connectivity index (χ1) is 11.7. The second-order valence-corrected chi connectivity index (χ2v) is 6.85. The number of rotatable bonds is 5. The Hall–Kier alpha value is -1.99. The summed E-state index contributed by atoms with van der Waals surface area (Å²) in [7, 11) is 1.84. The molecule has 0 bridgehead atoms. The van der Waals surface area contributed by atoms with Crippen LogP contribution in [-0.4, -0.2) is 47.9 Å². The normalized spacial score (nSPS) is 15.2. The standard InChI is InChI=1S/C17H22N4O2S/c1-21(9-6-13-7-10-23-11-8-13)17(22)19-15-4-2-14(3-5-15)16-20-18-12-24-16/h2-5,12-13H,6-11H2,1H3,(H,19,22). The lowest BCUT2D eigenvalue weighted by Gasteiger charge is -2.25. The Morgan fingerprint density at radius 1 is 1.33 bits per heavy atom. The number of ether oxygens (including phenoxy) is 1. The van der Waals surface area contributed by atoms with Crippen molar-refractivity contribution in [3.05, 3.63) is 29.8 Å². The van der Waals surface area contributed by atoms with Crippen LogP contribution in [0.4, 0.5) is 10.5 Å². The second-order valence-electron chi connectivity index (χ2n) is 6.02. The number of nitrogens with one attached hydrogen (secondary N) is 1. The zero-order valence-electron chi connectivity index (χ0n) is 13.8. The minimum absolute atomic E-state index is 0.0780. The van der Waals surface area contributed by atoms with Crippen molar-refractivity contribution in [2.45, 2.75) is 19.3 Å². The third kappa shape index (κ3) is 4.52. The molecule has 6 nitrogen and oxygen atoms in total. The van der Waals surface area contributed by atoms with E-state index in [0.717, 1.165) is 55.3 Å². The number of hydrogen-bond donors (Lipinski definition) is 1. The monoisotopic (exact) mass is 346 g/mol. The van der Waals surface area contributed by atoms with Crippen LogP contribution in [0.1, 0.15) is 19.3 Å². The van der Waals surface area contributed by atoms with Crippen molar-refractivity contribution < 1.29 is 9.53 Å². The largest absolute Gasteiger partial charge is 0.381 e. The molecule has 1 aliphatic heterocycles. The van der Waals surface area contributed by atoms with Crippen LogP contribution in [0.15, 0.2) is 29.8 Å². The molecule has 1 aliphatic rings. The fourth-order valence-electron chi connectivity index (χ4n) is 2.73. The summed E-state index contributed by atoms with van der Waals surface area (Å²) in [6.45, 7) is 2.46. The molecular weight excluding hydrogens is 324 g/mol. The Morgan fingerprint density at radius 2 is 2.08 bits per heavy atom. The first-order valence-corrected chi connectivity index (χ1v) is 9.07. The fourth-order valence-corrected chi connectivity index (χ4v) is 3.29. The quantitative estimate of drug-likeness (QED) is 0.900. The molecule has 7 heteroatoms. The zero-order valence-corrected chi connectivity index (χ0v) is 14.6. The minimum atomic E-state index is -0.0780. The SMILES string of the molecule is CN(CCC1CCOCC1)C(=O)Nc1ccc(-c2nncs2)cc1. The predicted molar refractivity (Wildman–Crippen MR) is 95.2 cm³/mol. The van der Waals surface area contributed by atoms with Crippen molar-refractivity contribution in [2.24, 2.45) is 5.92 Å². The van der Waals surface area contributed by atoms with Crippen molar-refractivity contribution in [3.63, 3.8) is 0 Å². The van der Waals surface area contributed by atoms with Crippen LogP contribution in [0, 0.1) is 5.92 Å². The lowest BCUT2D eigenvalue weighted by Crippen LogP contribution is -2.33. The van der Waals surface area contributed by atoms with Crippen molar-refractivity contribution in [2.75, 3.05) is 32.1 Å². The summed E-state index contributed by atoms with van der Waals surface area (Å²) in [4.78, 5) is 14.0. The molecule has 0 radical (unpaired) electrons. The van der Waals surface area contributed by atoms with E-state index in [1.807, 2.05) is 31.3 Å². The third-order valence-corrected chi connectivity index (χ3v) is 5.04. The van der Waals surface area contributed by atoms with E-state index in [-0.39, 0.29) is 6.03 Å². The molecule has 1 fully saturated rings. The topological polar surface area (TPSA) is 67.3 Å². The maximum absolute atomic E-state index is 12.3. The Morgan fingerprint density at radius 3 is 2.75 bits per heavy atom. The molecule has 2 heterocycles. The third-order valence-electron chi connectivity index (χ3n) is 4.30. The summed E-state index contributed by atoms with van der Waals surface area (Å²) in [6.07, 6.45) is 3.23. The molecule has 2 aromatic rings. The van der Waals surface area contributed by atoms with Gasteiger partial charge in [-0.2, -0.15) is 0 Å². The summed E-state index contributed by atoms with van der Waals surface area (Å²) in [5, 5.41) is 11.7. The van der Waals surface area contributed by atoms with E-state index in [1.165, 1.54) is 11.3 Å². The summed E-state index contributed by atoms with van der Waals surface area (Å²) >= 11 is 1.49. The smallest absolute Gasteiger partial charge is 0.321 e. The number of anilines is 1. The Bertz CT molecular complexity index is 639. The number of carbonyl (C=O) groups excluding carboxylic acids is 1. The molecule has 1 aromatic carbocycles. The molecular formula is C17H22N4O2S. The molecule has 0 saturated carbocycles. The molecule has 2 amide bonds. The first kappa shape index (κ1) is 16.9. The highest BCUT2D eigenvalue weighted by Gasteiger charge is 2.16.